The average Bonchev–Trinajstić information content (AvgIpc) is 2.96. The molecule has 0 aliphatic carbocycles. The fourth-order valence-corrected chi connectivity index (χ4v) is 5.83. The van der Waals surface area contributed by atoms with E-state index in [1.165, 1.54) is 4.90 Å². The van der Waals surface area contributed by atoms with E-state index in [9.17, 15) is 31.1 Å². The Morgan fingerprint density at radius 3 is 1.83 bits per heavy atom. The van der Waals surface area contributed by atoms with Gasteiger partial charge in [-0.1, -0.05) is 42.5 Å². The molecule has 0 saturated carbocycles. The molecule has 2 atom stereocenters. The summed E-state index contributed by atoms with van der Waals surface area (Å²) in [7, 11) is 2.10. The van der Waals surface area contributed by atoms with E-state index < -0.39 is 35.0 Å². The van der Waals surface area contributed by atoms with E-state index in [0.717, 1.165) is 43.0 Å². The summed E-state index contributed by atoms with van der Waals surface area (Å²) in [5, 5.41) is 0. The number of carbonyl (C=O) groups excluding carboxylic acids is 1. The van der Waals surface area contributed by atoms with Gasteiger partial charge in [0.15, 0.2) is 0 Å². The monoisotopic (exact) mass is 575 g/mol. The summed E-state index contributed by atoms with van der Waals surface area (Å²) in [6.45, 7) is 4.24. The zero-order valence-electron chi connectivity index (χ0n) is 22.6. The maximum Gasteiger partial charge on any atom is 0.416 e. The van der Waals surface area contributed by atoms with Crippen LogP contribution in [0.5, 0.6) is 0 Å². The van der Waals surface area contributed by atoms with Gasteiger partial charge in [-0.15, -0.1) is 0 Å². The number of carbonyl (C=O) groups is 1. The Bertz CT molecular complexity index is 1320. The fraction of sp³-hybridized carbons (Fsp3) is 0.387. The molecule has 3 aromatic rings. The van der Waals surface area contributed by atoms with Gasteiger partial charge in [0, 0.05) is 56.4 Å². The highest BCUT2D eigenvalue weighted by molar-refractivity contribution is 5.95. The first-order valence-electron chi connectivity index (χ1n) is 13.6. The maximum atomic E-state index is 13.4. The lowest BCUT2D eigenvalue weighted by Crippen LogP contribution is -2.44. The lowest BCUT2D eigenvalue weighted by atomic mass is 9.76. The molecule has 10 heteroatoms. The van der Waals surface area contributed by atoms with Crippen LogP contribution in [0.3, 0.4) is 0 Å². The van der Waals surface area contributed by atoms with E-state index in [1.54, 1.807) is 0 Å². The minimum Gasteiger partial charge on any atom is -0.369 e. The molecule has 3 aromatic carbocycles. The molecule has 0 bridgehead atoms. The largest absolute Gasteiger partial charge is 0.416 e. The second-order valence-corrected chi connectivity index (χ2v) is 10.8. The number of alkyl halides is 6. The number of piperidine rings is 1. The number of anilines is 1. The van der Waals surface area contributed by atoms with Crippen LogP contribution in [0.2, 0.25) is 0 Å². The number of hydrogen-bond donors (Lipinski definition) is 0. The first kappa shape index (κ1) is 29.0. The Morgan fingerprint density at radius 2 is 1.27 bits per heavy atom. The summed E-state index contributed by atoms with van der Waals surface area (Å²) in [5.41, 5.74) is -0.429. The van der Waals surface area contributed by atoms with Gasteiger partial charge in [-0.2, -0.15) is 26.3 Å². The third-order valence-corrected chi connectivity index (χ3v) is 8.15. The number of amides is 1. The Labute approximate surface area is 235 Å². The molecule has 0 spiro atoms. The van der Waals surface area contributed by atoms with Crippen LogP contribution in [0, 0.1) is 0 Å². The zero-order valence-corrected chi connectivity index (χ0v) is 22.6. The molecule has 0 radical (unpaired) electrons. The molecule has 218 valence electrons. The van der Waals surface area contributed by atoms with Crippen molar-refractivity contribution in [1.82, 2.24) is 9.80 Å². The molecule has 5 rings (SSSR count). The van der Waals surface area contributed by atoms with Crippen molar-refractivity contribution in [3.8, 4) is 0 Å². The SMILES string of the molecule is CN1CCN(c2ccc([C@@H]3CCN(C(=O)c4cc(C(F)(F)F)cc(C(F)(F)F)c4)C[C@@H]3c3ccccc3)cc2)CC1. The normalized spacial score (nSPS) is 20.8. The number of benzene rings is 3. The summed E-state index contributed by atoms with van der Waals surface area (Å²) >= 11 is 0. The van der Waals surface area contributed by atoms with E-state index >= 15 is 0 Å². The van der Waals surface area contributed by atoms with Crippen LogP contribution in [0.1, 0.15) is 50.9 Å². The van der Waals surface area contributed by atoms with Gasteiger partial charge in [0.2, 0.25) is 0 Å². The third kappa shape index (κ3) is 6.53. The number of hydrogen-bond acceptors (Lipinski definition) is 3. The number of rotatable bonds is 4. The summed E-state index contributed by atoms with van der Waals surface area (Å²) in [6, 6.07) is 19.0. The maximum absolute atomic E-state index is 13.4. The van der Waals surface area contributed by atoms with Crippen molar-refractivity contribution in [2.45, 2.75) is 30.6 Å². The predicted octanol–water partition coefficient (Wildman–Crippen LogP) is 6.89. The molecule has 2 heterocycles. The highest BCUT2D eigenvalue weighted by Crippen LogP contribution is 2.41. The van der Waals surface area contributed by atoms with Crippen molar-refractivity contribution in [3.63, 3.8) is 0 Å². The highest BCUT2D eigenvalue weighted by atomic mass is 19.4. The molecule has 4 nitrogen and oxygen atoms in total. The van der Waals surface area contributed by atoms with Crippen molar-refractivity contribution in [1.29, 1.82) is 0 Å². The van der Waals surface area contributed by atoms with E-state index in [2.05, 4.69) is 41.1 Å². The second-order valence-electron chi connectivity index (χ2n) is 10.8. The molecule has 2 saturated heterocycles. The van der Waals surface area contributed by atoms with Gasteiger partial charge in [-0.3, -0.25) is 4.79 Å². The van der Waals surface area contributed by atoms with Gasteiger partial charge in [-0.05, 0) is 60.8 Å². The number of likely N-dealkylation sites (N-methyl/N-ethyl adjacent to an activating group) is 1. The van der Waals surface area contributed by atoms with Crippen molar-refractivity contribution in [3.05, 3.63) is 101 Å². The van der Waals surface area contributed by atoms with Crippen LogP contribution in [-0.4, -0.2) is 62.0 Å². The highest BCUT2D eigenvalue weighted by Gasteiger charge is 2.39. The van der Waals surface area contributed by atoms with Gasteiger partial charge in [0.25, 0.3) is 5.91 Å². The Hall–Kier alpha value is -3.53. The quantitative estimate of drug-likeness (QED) is 0.317. The lowest BCUT2D eigenvalue weighted by Gasteiger charge is -2.40. The summed E-state index contributed by atoms with van der Waals surface area (Å²) in [5.74, 6) is -1.00. The minimum atomic E-state index is -5.02. The molecular formula is C31H31F6N3O. The van der Waals surface area contributed by atoms with Gasteiger partial charge in [-0.25, -0.2) is 0 Å². The van der Waals surface area contributed by atoms with E-state index in [4.69, 9.17) is 0 Å². The number of nitrogens with zero attached hydrogens (tertiary/aromatic N) is 3. The molecule has 2 fully saturated rings. The van der Waals surface area contributed by atoms with Crippen LogP contribution in [-0.2, 0) is 12.4 Å². The lowest BCUT2D eigenvalue weighted by molar-refractivity contribution is -0.143. The predicted molar refractivity (Wildman–Crippen MR) is 145 cm³/mol. The average molecular weight is 576 g/mol. The molecule has 2 aliphatic rings. The van der Waals surface area contributed by atoms with Crippen molar-refractivity contribution in [2.75, 3.05) is 51.2 Å². The van der Waals surface area contributed by atoms with Gasteiger partial charge in [0.05, 0.1) is 11.1 Å². The molecule has 1 amide bonds. The number of likely N-dealkylation sites (tertiary alicyclic amines) is 1. The van der Waals surface area contributed by atoms with Crippen molar-refractivity contribution >= 4 is 11.6 Å². The molecule has 41 heavy (non-hydrogen) atoms. The van der Waals surface area contributed by atoms with Gasteiger partial charge in [0.1, 0.15) is 0 Å². The molecule has 0 unspecified atom stereocenters. The topological polar surface area (TPSA) is 26.8 Å². The van der Waals surface area contributed by atoms with E-state index in [1.807, 2.05) is 30.3 Å². The first-order valence-corrected chi connectivity index (χ1v) is 13.6. The number of halogens is 6. The Morgan fingerprint density at radius 1 is 0.707 bits per heavy atom. The fourth-order valence-electron chi connectivity index (χ4n) is 5.83. The summed E-state index contributed by atoms with van der Waals surface area (Å²) < 4.78 is 80.6. The molecule has 0 N–H and O–H groups in total. The molecular weight excluding hydrogens is 544 g/mol. The van der Waals surface area contributed by atoms with Crippen LogP contribution in [0.4, 0.5) is 32.0 Å². The number of piperazine rings is 1. The molecule has 2 aliphatic heterocycles. The van der Waals surface area contributed by atoms with Crippen LogP contribution >= 0.6 is 0 Å². The Balaban J connectivity index is 1.41. The zero-order chi connectivity index (χ0) is 29.4. The molecule has 0 aromatic heterocycles. The first-order chi connectivity index (χ1) is 19.4. The van der Waals surface area contributed by atoms with Crippen LogP contribution in [0.15, 0.2) is 72.8 Å². The standard InChI is InChI=1S/C31H31F6N3O/c1-38-13-15-39(16-14-38)26-9-7-22(8-10-26)27-11-12-40(20-28(27)21-5-3-2-4-6-21)29(41)23-17-24(30(32,33)34)19-25(18-23)31(35,36)37/h2-10,17-19,27-28H,11-16,20H2,1H3/t27-,28+/m0/s1. The minimum absolute atomic E-state index is 0.0234. The van der Waals surface area contributed by atoms with E-state index in [0.29, 0.717) is 18.6 Å². The van der Waals surface area contributed by atoms with Crippen molar-refractivity contribution in [2.24, 2.45) is 0 Å². The smallest absolute Gasteiger partial charge is 0.369 e. The second kappa shape index (κ2) is 11.4. The van der Waals surface area contributed by atoms with Crippen LogP contribution in [0.25, 0.3) is 0 Å². The summed E-state index contributed by atoms with van der Waals surface area (Å²) in [6.07, 6.45) is -9.53. The Kier molecular flexibility index (Phi) is 8.05. The van der Waals surface area contributed by atoms with Gasteiger partial charge >= 0.3 is 12.4 Å². The van der Waals surface area contributed by atoms with E-state index in [-0.39, 0.29) is 31.0 Å². The van der Waals surface area contributed by atoms with Gasteiger partial charge < -0.3 is 14.7 Å². The third-order valence-electron chi connectivity index (χ3n) is 8.15. The van der Waals surface area contributed by atoms with Crippen molar-refractivity contribution < 1.29 is 31.1 Å². The van der Waals surface area contributed by atoms with Crippen LogP contribution < -0.4 is 4.90 Å². The summed E-state index contributed by atoms with van der Waals surface area (Å²) in [4.78, 5) is 19.4.